The number of nitrogens with zero attached hydrogens (tertiary/aromatic N) is 1. The number of amides is 2. The van der Waals surface area contributed by atoms with Gasteiger partial charge in [0.25, 0.3) is 0 Å². The van der Waals surface area contributed by atoms with Gasteiger partial charge in [0.1, 0.15) is 5.82 Å². The number of hydrazone groups is 1. The van der Waals surface area contributed by atoms with Crippen LogP contribution in [0.4, 0.5) is 10.1 Å². The van der Waals surface area contributed by atoms with Crippen LogP contribution in [-0.2, 0) is 14.4 Å². The molecule has 3 aromatic carbocycles. The van der Waals surface area contributed by atoms with E-state index in [2.05, 4.69) is 15.8 Å². The van der Waals surface area contributed by atoms with Gasteiger partial charge in [-0.15, -0.1) is 0 Å². The van der Waals surface area contributed by atoms with Gasteiger partial charge in [0.05, 0.1) is 13.3 Å². The van der Waals surface area contributed by atoms with E-state index in [1.807, 2.05) is 30.3 Å². The Morgan fingerprint density at radius 1 is 0.882 bits per heavy atom. The first-order chi connectivity index (χ1) is 16.4. The summed E-state index contributed by atoms with van der Waals surface area (Å²) >= 11 is 0. The lowest BCUT2D eigenvalue weighted by atomic mass is 10.2. The first kappa shape index (κ1) is 23.9. The van der Waals surface area contributed by atoms with Gasteiger partial charge < -0.3 is 14.8 Å². The van der Waals surface area contributed by atoms with E-state index in [1.54, 1.807) is 12.1 Å². The summed E-state index contributed by atoms with van der Waals surface area (Å²) in [6, 6.07) is 18.9. The molecule has 2 N–H and O–H groups in total. The molecule has 0 aliphatic carbocycles. The van der Waals surface area contributed by atoms with E-state index in [9.17, 15) is 18.8 Å². The van der Waals surface area contributed by atoms with Gasteiger partial charge in [-0.2, -0.15) is 5.10 Å². The number of rotatable bonds is 7. The number of carbonyl (C=O) groups is 3. The van der Waals surface area contributed by atoms with Crippen molar-refractivity contribution in [2.45, 2.75) is 0 Å². The van der Waals surface area contributed by atoms with Crippen LogP contribution in [0.15, 0.2) is 84.0 Å². The molecule has 8 nitrogen and oxygen atoms in total. The van der Waals surface area contributed by atoms with Crippen LogP contribution in [-0.4, -0.2) is 31.1 Å². The highest BCUT2D eigenvalue weighted by molar-refractivity contribution is 6.39. The van der Waals surface area contributed by atoms with E-state index in [1.165, 1.54) is 43.7 Å². The van der Waals surface area contributed by atoms with Gasteiger partial charge in [-0.3, -0.25) is 9.59 Å². The van der Waals surface area contributed by atoms with E-state index in [4.69, 9.17) is 9.47 Å². The summed E-state index contributed by atoms with van der Waals surface area (Å²) in [6.45, 7) is 0. The van der Waals surface area contributed by atoms with Crippen LogP contribution in [0.25, 0.3) is 6.08 Å². The maximum Gasteiger partial charge on any atom is 0.336 e. The Bertz CT molecular complexity index is 1230. The molecule has 0 fully saturated rings. The van der Waals surface area contributed by atoms with Crippen molar-refractivity contribution in [1.82, 2.24) is 5.43 Å². The molecule has 0 aliphatic heterocycles. The lowest BCUT2D eigenvalue weighted by molar-refractivity contribution is -0.136. The minimum absolute atomic E-state index is 0.199. The van der Waals surface area contributed by atoms with Gasteiger partial charge in [0.2, 0.25) is 0 Å². The van der Waals surface area contributed by atoms with Crippen molar-refractivity contribution in [2.75, 3.05) is 12.4 Å². The van der Waals surface area contributed by atoms with Gasteiger partial charge in [-0.05, 0) is 59.7 Å². The lowest BCUT2D eigenvalue weighted by Crippen LogP contribution is -2.32. The topological polar surface area (TPSA) is 106 Å². The van der Waals surface area contributed by atoms with Crippen LogP contribution < -0.4 is 20.2 Å². The van der Waals surface area contributed by atoms with Crippen molar-refractivity contribution in [3.63, 3.8) is 0 Å². The number of hydrogen-bond acceptors (Lipinski definition) is 6. The molecule has 0 atom stereocenters. The van der Waals surface area contributed by atoms with Crippen LogP contribution in [0.2, 0.25) is 0 Å². The van der Waals surface area contributed by atoms with Crippen molar-refractivity contribution in [3.05, 3.63) is 95.8 Å². The predicted molar refractivity (Wildman–Crippen MR) is 125 cm³/mol. The fraction of sp³-hybridized carbons (Fsp3) is 0.0400. The number of hydrogen-bond donors (Lipinski definition) is 2. The first-order valence-corrected chi connectivity index (χ1v) is 9.97. The number of benzene rings is 3. The SMILES string of the molecule is COc1cc(/C=N\NC(=O)C(=O)Nc2ccc(F)cc2)ccc1OC(=O)/C=C/c1ccccc1. The molecule has 0 saturated heterocycles. The maximum atomic E-state index is 12.9. The van der Waals surface area contributed by atoms with E-state index in [0.717, 1.165) is 17.7 Å². The molecule has 0 aromatic heterocycles. The molecule has 0 saturated carbocycles. The second-order valence-corrected chi connectivity index (χ2v) is 6.74. The zero-order valence-corrected chi connectivity index (χ0v) is 18.0. The smallest absolute Gasteiger partial charge is 0.336 e. The quantitative estimate of drug-likeness (QED) is 0.140. The summed E-state index contributed by atoms with van der Waals surface area (Å²) in [5.74, 6) is -2.55. The number of anilines is 1. The highest BCUT2D eigenvalue weighted by Gasteiger charge is 2.13. The number of nitrogens with one attached hydrogen (secondary N) is 2. The normalized spacial score (nSPS) is 10.8. The number of carbonyl (C=O) groups excluding carboxylic acids is 3. The zero-order valence-electron chi connectivity index (χ0n) is 18.0. The highest BCUT2D eigenvalue weighted by Crippen LogP contribution is 2.27. The van der Waals surface area contributed by atoms with Crippen molar-refractivity contribution in [2.24, 2.45) is 5.10 Å². The summed E-state index contributed by atoms with van der Waals surface area (Å²) < 4.78 is 23.5. The number of methoxy groups -OCH3 is 1. The fourth-order valence-corrected chi connectivity index (χ4v) is 2.66. The molecular weight excluding hydrogens is 441 g/mol. The van der Waals surface area contributed by atoms with Crippen LogP contribution in [0.3, 0.4) is 0 Å². The third kappa shape index (κ3) is 7.13. The van der Waals surface area contributed by atoms with E-state index < -0.39 is 23.6 Å². The monoisotopic (exact) mass is 461 g/mol. The van der Waals surface area contributed by atoms with E-state index >= 15 is 0 Å². The average Bonchev–Trinajstić information content (AvgIpc) is 2.85. The Kier molecular flexibility index (Phi) is 8.23. The second kappa shape index (κ2) is 11.7. The van der Waals surface area contributed by atoms with Crippen molar-refractivity contribution in [1.29, 1.82) is 0 Å². The van der Waals surface area contributed by atoms with Crippen LogP contribution in [0.5, 0.6) is 11.5 Å². The Labute approximate surface area is 194 Å². The second-order valence-electron chi connectivity index (χ2n) is 6.74. The Hall–Kier alpha value is -4.79. The summed E-state index contributed by atoms with van der Waals surface area (Å²) in [5.41, 5.74) is 3.71. The van der Waals surface area contributed by atoms with Crippen LogP contribution in [0, 0.1) is 5.82 Å². The fourth-order valence-electron chi connectivity index (χ4n) is 2.66. The van der Waals surface area contributed by atoms with Crippen LogP contribution >= 0.6 is 0 Å². The zero-order chi connectivity index (χ0) is 24.3. The van der Waals surface area contributed by atoms with Gasteiger partial charge in [0.15, 0.2) is 11.5 Å². The third-order valence-electron chi connectivity index (χ3n) is 4.30. The van der Waals surface area contributed by atoms with E-state index in [-0.39, 0.29) is 17.2 Å². The summed E-state index contributed by atoms with van der Waals surface area (Å²) in [4.78, 5) is 35.8. The Balaban J connectivity index is 1.56. The minimum atomic E-state index is -1.01. The molecule has 3 aromatic rings. The summed E-state index contributed by atoms with van der Waals surface area (Å²) in [5, 5.41) is 6.04. The van der Waals surface area contributed by atoms with Gasteiger partial charge in [-0.25, -0.2) is 14.6 Å². The molecule has 0 heterocycles. The standard InChI is InChI=1S/C25H20FN3O5/c1-33-22-15-18(7-13-21(22)34-23(30)14-8-17-5-3-2-4-6-17)16-27-29-25(32)24(31)28-20-11-9-19(26)10-12-20/h2-16H,1H3,(H,28,31)(H,29,32)/b14-8+,27-16-. The largest absolute Gasteiger partial charge is 0.493 e. The molecule has 172 valence electrons. The average molecular weight is 461 g/mol. The van der Waals surface area contributed by atoms with Crippen molar-refractivity contribution < 1.29 is 28.2 Å². The van der Waals surface area contributed by atoms with Gasteiger partial charge in [0, 0.05) is 11.8 Å². The summed E-state index contributed by atoms with van der Waals surface area (Å²) in [6.07, 6.45) is 4.22. The molecule has 0 spiro atoms. The highest BCUT2D eigenvalue weighted by atomic mass is 19.1. The molecule has 34 heavy (non-hydrogen) atoms. The van der Waals surface area contributed by atoms with Crippen LogP contribution in [0.1, 0.15) is 11.1 Å². The molecule has 3 rings (SSSR count). The molecule has 9 heteroatoms. The molecular formula is C25H20FN3O5. The number of halogens is 1. The number of ether oxygens (including phenoxy) is 2. The molecule has 0 radical (unpaired) electrons. The van der Waals surface area contributed by atoms with E-state index in [0.29, 0.717) is 5.56 Å². The van der Waals surface area contributed by atoms with Crippen molar-refractivity contribution in [3.8, 4) is 11.5 Å². The third-order valence-corrected chi connectivity index (χ3v) is 4.30. The molecule has 0 aliphatic rings. The van der Waals surface area contributed by atoms with Crippen molar-refractivity contribution >= 4 is 35.8 Å². The molecule has 0 bridgehead atoms. The first-order valence-electron chi connectivity index (χ1n) is 9.97. The Morgan fingerprint density at radius 3 is 2.32 bits per heavy atom. The van der Waals surface area contributed by atoms with Gasteiger partial charge >= 0.3 is 17.8 Å². The maximum absolute atomic E-state index is 12.9. The summed E-state index contributed by atoms with van der Waals surface area (Å²) in [7, 11) is 1.41. The minimum Gasteiger partial charge on any atom is -0.493 e. The predicted octanol–water partition coefficient (Wildman–Crippen LogP) is 3.54. The molecule has 0 unspecified atom stereocenters. The molecule has 2 amide bonds. The van der Waals surface area contributed by atoms with Gasteiger partial charge in [-0.1, -0.05) is 30.3 Å². The Morgan fingerprint density at radius 2 is 1.62 bits per heavy atom. The number of esters is 1. The lowest BCUT2D eigenvalue weighted by Gasteiger charge is -2.08.